The number of aromatic nitrogens is 3. The lowest BCUT2D eigenvalue weighted by molar-refractivity contribution is -0.145. The summed E-state index contributed by atoms with van der Waals surface area (Å²) in [5, 5.41) is 0. The summed E-state index contributed by atoms with van der Waals surface area (Å²) < 4.78 is 22.2. The summed E-state index contributed by atoms with van der Waals surface area (Å²) in [7, 11) is 0.948. The van der Waals surface area contributed by atoms with E-state index in [1.165, 1.54) is 24.9 Å². The Labute approximate surface area is 394 Å². The number of hydrogen-bond acceptors (Lipinski definition) is 10. The highest BCUT2D eigenvalue weighted by Gasteiger charge is 2.49. The van der Waals surface area contributed by atoms with Gasteiger partial charge in [-0.25, -0.2) is 14.8 Å². The van der Waals surface area contributed by atoms with Gasteiger partial charge < -0.3 is 34.4 Å². The molecular formula is C49H80BBrN6O7. The zero-order valence-electron chi connectivity index (χ0n) is 41.8. The third-order valence-corrected chi connectivity index (χ3v) is 10.8. The van der Waals surface area contributed by atoms with Crippen molar-refractivity contribution in [2.45, 2.75) is 145 Å². The zero-order valence-corrected chi connectivity index (χ0v) is 43.3. The second kappa shape index (κ2) is 32.3. The average Bonchev–Trinajstić information content (AvgIpc) is 4.24. The van der Waals surface area contributed by atoms with Crippen molar-refractivity contribution in [3.63, 3.8) is 0 Å². The van der Waals surface area contributed by atoms with E-state index in [0.29, 0.717) is 42.2 Å². The smallest absolute Gasteiger partial charge is 0.466 e. The summed E-state index contributed by atoms with van der Waals surface area (Å²) >= 11 is 3.26. The number of carbonyl (C=O) groups excluding carboxylic acids is 3. The molecule has 3 saturated carbocycles. The van der Waals surface area contributed by atoms with Gasteiger partial charge in [0, 0.05) is 29.9 Å². The van der Waals surface area contributed by atoms with E-state index in [9.17, 15) is 14.4 Å². The molecule has 0 bridgehead atoms. The molecular weight excluding hydrogens is 875 g/mol. The molecule has 4 heterocycles. The molecule has 3 aliphatic carbocycles. The number of anilines is 1. The van der Waals surface area contributed by atoms with Crippen LogP contribution in [0.25, 0.3) is 11.2 Å². The first-order valence-corrected chi connectivity index (χ1v) is 23.3. The van der Waals surface area contributed by atoms with Gasteiger partial charge in [0.25, 0.3) is 0 Å². The molecule has 1 aliphatic heterocycles. The third kappa shape index (κ3) is 23.0. The van der Waals surface area contributed by atoms with Gasteiger partial charge in [-0.05, 0) is 117 Å². The molecule has 0 spiro atoms. The molecule has 0 radical (unpaired) electrons. The van der Waals surface area contributed by atoms with Crippen LogP contribution in [0.4, 0.5) is 5.82 Å². The minimum absolute atomic E-state index is 0.00926. The lowest BCUT2D eigenvalue weighted by Gasteiger charge is -2.32. The van der Waals surface area contributed by atoms with Crippen LogP contribution in [0.2, 0.25) is 0 Å². The maximum atomic E-state index is 11.1. The quantitative estimate of drug-likeness (QED) is 0.0455. The number of rotatable bonds is 7. The SMILES string of the molecule is C=CB1OC(C)(C)C(C)(C)O1.C=CC.CC.CC.CC(Br)C(=O)C1CC1C.CCOC(=O)C1CC1C.COC(=O)C=[N+]=[N-].Cc1c(C2CC2C)nc2ccccn12.Nc1ccccn1. The van der Waals surface area contributed by atoms with Gasteiger partial charge in [0.05, 0.1) is 41.4 Å². The summed E-state index contributed by atoms with van der Waals surface area (Å²) in [4.78, 5) is 42.7. The lowest BCUT2D eigenvalue weighted by Crippen LogP contribution is -2.41. The number of ketones is 1. The Balaban J connectivity index is 0. The van der Waals surface area contributed by atoms with Gasteiger partial charge >= 0.3 is 25.3 Å². The number of nitrogen functional groups attached to an aromatic ring is 1. The number of Topliss-reactive ketones (excluding diaryl/α,β-unsaturated/α-hetero) is 1. The molecule has 13 nitrogen and oxygen atoms in total. The highest BCUT2D eigenvalue weighted by Crippen LogP contribution is 2.47. The van der Waals surface area contributed by atoms with Crippen molar-refractivity contribution in [1.29, 1.82) is 0 Å². The van der Waals surface area contributed by atoms with Gasteiger partial charge in [0.2, 0.25) is 0 Å². The number of carbonyl (C=O) groups is 3. The topological polar surface area (TPSA) is 181 Å². The molecule has 3 aromatic heterocycles. The number of alkyl halides is 1. The van der Waals surface area contributed by atoms with Crippen LogP contribution in [0.3, 0.4) is 0 Å². The number of esters is 2. The summed E-state index contributed by atoms with van der Waals surface area (Å²) in [5.74, 6) is 5.33. The number of hydrogen-bond donors (Lipinski definition) is 1. The van der Waals surface area contributed by atoms with Crippen LogP contribution in [0.1, 0.15) is 134 Å². The number of methoxy groups -OCH3 is 1. The highest BCUT2D eigenvalue weighted by atomic mass is 79.9. The van der Waals surface area contributed by atoms with Crippen molar-refractivity contribution in [3.05, 3.63) is 90.9 Å². The van der Waals surface area contributed by atoms with Crippen molar-refractivity contribution in [2.75, 3.05) is 19.5 Å². The van der Waals surface area contributed by atoms with Gasteiger partial charge in [0.1, 0.15) is 17.2 Å². The molecule has 2 N–H and O–H groups in total. The molecule has 358 valence electrons. The van der Waals surface area contributed by atoms with Crippen LogP contribution in [0.5, 0.6) is 0 Å². The van der Waals surface area contributed by atoms with E-state index >= 15 is 0 Å². The van der Waals surface area contributed by atoms with Crippen LogP contribution in [0, 0.1) is 36.5 Å². The monoisotopic (exact) mass is 955 g/mol. The molecule has 15 heteroatoms. The fraction of sp³-hybridized carbons (Fsp3) is 0.592. The van der Waals surface area contributed by atoms with Gasteiger partial charge in [-0.2, -0.15) is 4.79 Å². The molecule has 0 amide bonds. The molecule has 1 saturated heterocycles. The second-order valence-electron chi connectivity index (χ2n) is 16.0. The van der Waals surface area contributed by atoms with Crippen molar-refractivity contribution in [3.8, 4) is 0 Å². The second-order valence-corrected chi connectivity index (χ2v) is 17.4. The van der Waals surface area contributed by atoms with E-state index < -0.39 is 5.97 Å². The van der Waals surface area contributed by atoms with E-state index in [1.807, 2.05) is 94.4 Å². The maximum absolute atomic E-state index is 11.1. The number of ether oxygens (including phenoxy) is 2. The summed E-state index contributed by atoms with van der Waals surface area (Å²) in [6.07, 6.45) is 9.61. The van der Waals surface area contributed by atoms with Gasteiger partial charge in [-0.1, -0.05) is 88.6 Å². The fourth-order valence-electron chi connectivity index (χ4n) is 5.56. The van der Waals surface area contributed by atoms with Crippen molar-refractivity contribution < 1.29 is 38.0 Å². The summed E-state index contributed by atoms with van der Waals surface area (Å²) in [5.41, 5.74) is 16.1. The Kier molecular flexibility index (Phi) is 31.1. The van der Waals surface area contributed by atoms with Gasteiger partial charge in [-0.3, -0.25) is 9.59 Å². The van der Waals surface area contributed by atoms with E-state index in [1.54, 1.807) is 24.3 Å². The van der Waals surface area contributed by atoms with Crippen LogP contribution in [0.15, 0.2) is 74.0 Å². The molecule has 7 atom stereocenters. The predicted octanol–water partition coefficient (Wildman–Crippen LogP) is 11.1. The molecule has 64 heavy (non-hydrogen) atoms. The lowest BCUT2D eigenvalue weighted by atomic mass is 9.90. The number of fused-ring (bicyclic) bond motifs is 1. The predicted molar refractivity (Wildman–Crippen MR) is 266 cm³/mol. The van der Waals surface area contributed by atoms with Crippen LogP contribution < -0.4 is 5.73 Å². The molecule has 7 unspecified atom stereocenters. The fourth-order valence-corrected chi connectivity index (χ4v) is 5.90. The number of pyridine rings is 2. The van der Waals surface area contributed by atoms with Gasteiger partial charge in [0.15, 0.2) is 0 Å². The van der Waals surface area contributed by atoms with Crippen molar-refractivity contribution in [2.24, 2.45) is 29.6 Å². The molecule has 7 rings (SSSR count). The Bertz CT molecular complexity index is 1850. The Morgan fingerprint density at radius 2 is 1.48 bits per heavy atom. The number of halogens is 1. The minimum atomic E-state index is -0.664. The van der Waals surface area contributed by atoms with E-state index in [2.05, 4.69) is 99.0 Å². The van der Waals surface area contributed by atoms with E-state index in [0.717, 1.165) is 30.3 Å². The van der Waals surface area contributed by atoms with E-state index in [4.69, 9.17) is 25.3 Å². The zero-order chi connectivity index (χ0) is 49.8. The summed E-state index contributed by atoms with van der Waals surface area (Å²) in [6.45, 7) is 37.9. The number of imidazole rings is 1. The normalized spacial score (nSPS) is 21.8. The number of allylic oxidation sites excluding steroid dienone is 1. The first kappa shape index (κ1) is 61.7. The van der Waals surface area contributed by atoms with Gasteiger partial charge in [-0.15, -0.1) is 13.2 Å². The Hall–Kier alpha value is -4.43. The first-order chi connectivity index (χ1) is 30.2. The largest absolute Gasteiger partial charge is 0.486 e. The highest BCUT2D eigenvalue weighted by molar-refractivity contribution is 9.10. The van der Waals surface area contributed by atoms with Crippen LogP contribution in [-0.2, 0) is 33.2 Å². The number of nitrogens with two attached hydrogens (primary N) is 1. The minimum Gasteiger partial charge on any atom is -0.466 e. The van der Waals surface area contributed by atoms with Crippen molar-refractivity contribution >= 4 is 58.4 Å². The molecule has 3 aromatic rings. The third-order valence-electron chi connectivity index (χ3n) is 10.3. The Morgan fingerprint density at radius 3 is 1.77 bits per heavy atom. The van der Waals surface area contributed by atoms with Crippen LogP contribution >= 0.6 is 15.9 Å². The van der Waals surface area contributed by atoms with Crippen LogP contribution in [-0.4, -0.2) is 80.0 Å². The Morgan fingerprint density at radius 1 is 0.984 bits per heavy atom. The summed E-state index contributed by atoms with van der Waals surface area (Å²) in [6, 6.07) is 11.6. The molecule has 0 aromatic carbocycles. The first-order valence-electron chi connectivity index (χ1n) is 22.4. The number of nitrogens with zero attached hydrogens (tertiary/aromatic N) is 5. The standard InChI is InChI=1S/C12H14N2.C8H15BO2.C7H11BrO.C7H12O2.C5H6N2.C3H4N2O2.C3H6.2C2H6/c1-8-7-10(8)12-9(2)14-6-4-3-5-11(14)13-12;1-6-9-10-7(2,3)8(4,5)11-9;1-4-3-6(4)7(9)5(2)8;1-3-9-7(8)6-4-5(6)2;6-5-3-1-2-4-7-5;1-7-3(6)2-5-4;1-3-2;2*1-2/h3-6,8,10H,7H2,1-2H3;6H,1H2,2-5H3;4-6H,3H2,1-2H3;5-6H,3-4H2,1-2H3;1-4H,(H2,6,7);2H,1H3;3H,1H2,2H3;2*1-2H3. The molecule has 4 fully saturated rings. The van der Waals surface area contributed by atoms with E-state index in [-0.39, 0.29) is 35.0 Å². The molecule has 4 aliphatic rings. The van der Waals surface area contributed by atoms with Crippen molar-refractivity contribution in [1.82, 2.24) is 14.4 Å². The average molecular weight is 956 g/mol. The number of aryl methyl sites for hydroxylation is 1. The maximum Gasteiger partial charge on any atom is 0.486 e.